The van der Waals surface area contributed by atoms with Crippen molar-refractivity contribution in [3.63, 3.8) is 0 Å². The molecule has 0 aliphatic carbocycles. The number of carboxylic acids is 1. The number of hydrogen-bond donors (Lipinski definition) is 1. The van der Waals surface area contributed by atoms with Gasteiger partial charge in [0.15, 0.2) is 0 Å². The van der Waals surface area contributed by atoms with Gasteiger partial charge in [0, 0.05) is 18.1 Å². The number of aliphatic carboxylic acids is 1. The molecule has 3 rings (SSSR count). The number of rotatable bonds is 2. The molecule has 2 aromatic rings. The van der Waals surface area contributed by atoms with Crippen molar-refractivity contribution in [3.8, 4) is 0 Å². The lowest BCUT2D eigenvalue weighted by Gasteiger charge is -1.97. The van der Waals surface area contributed by atoms with Crippen LogP contribution in [0.3, 0.4) is 0 Å². The Kier molecular flexibility index (Phi) is 1.63. The molecule has 1 aromatic heterocycles. The van der Waals surface area contributed by atoms with E-state index in [1.165, 1.54) is 11.1 Å². The fourth-order valence-corrected chi connectivity index (χ4v) is 2.43. The monoisotopic (exact) mass is 201 g/mol. The predicted octanol–water partition coefficient (Wildman–Crippen LogP) is 1.82. The largest absolute Gasteiger partial charge is 0.481 e. The quantitative estimate of drug-likeness (QED) is 0.805. The fourth-order valence-electron chi connectivity index (χ4n) is 2.43. The molecule has 3 nitrogen and oxygen atoms in total. The van der Waals surface area contributed by atoms with Crippen LogP contribution in [0.2, 0.25) is 0 Å². The minimum absolute atomic E-state index is 0.118. The van der Waals surface area contributed by atoms with Crippen molar-refractivity contribution in [1.29, 1.82) is 0 Å². The number of para-hydroxylation sites is 1. The van der Waals surface area contributed by atoms with E-state index in [-0.39, 0.29) is 6.42 Å². The number of carbonyl (C=O) groups is 1. The highest BCUT2D eigenvalue weighted by Crippen LogP contribution is 2.30. The molecule has 1 aromatic carbocycles. The summed E-state index contributed by atoms with van der Waals surface area (Å²) < 4.78 is 2.17. The van der Waals surface area contributed by atoms with E-state index in [0.717, 1.165) is 23.9 Å². The second-order valence-corrected chi connectivity index (χ2v) is 3.98. The summed E-state index contributed by atoms with van der Waals surface area (Å²) in [6, 6.07) is 6.15. The minimum Gasteiger partial charge on any atom is -0.481 e. The average molecular weight is 201 g/mol. The molecule has 0 saturated heterocycles. The van der Waals surface area contributed by atoms with Crippen LogP contribution in [0.1, 0.15) is 11.1 Å². The van der Waals surface area contributed by atoms with Gasteiger partial charge in [-0.2, -0.15) is 0 Å². The molecule has 0 atom stereocenters. The van der Waals surface area contributed by atoms with E-state index in [4.69, 9.17) is 5.11 Å². The zero-order valence-corrected chi connectivity index (χ0v) is 8.23. The van der Waals surface area contributed by atoms with Crippen molar-refractivity contribution in [2.75, 3.05) is 0 Å². The Morgan fingerprint density at radius 3 is 3.13 bits per heavy atom. The standard InChI is InChI=1S/C12H11NO2/c14-11(15)6-9-7-13-5-4-8-2-1-3-10(9)12(8)13/h1-3,7H,4-6H2,(H,14,15). The Bertz CT molecular complexity index is 554. The van der Waals surface area contributed by atoms with E-state index < -0.39 is 5.97 Å². The van der Waals surface area contributed by atoms with Crippen LogP contribution < -0.4 is 0 Å². The van der Waals surface area contributed by atoms with Crippen molar-refractivity contribution >= 4 is 16.9 Å². The summed E-state index contributed by atoms with van der Waals surface area (Å²) in [5.41, 5.74) is 3.50. The second-order valence-electron chi connectivity index (χ2n) is 3.98. The molecule has 1 aliphatic heterocycles. The highest BCUT2D eigenvalue weighted by Gasteiger charge is 2.17. The van der Waals surface area contributed by atoms with Crippen LogP contribution >= 0.6 is 0 Å². The summed E-state index contributed by atoms with van der Waals surface area (Å²) in [6.07, 6.45) is 3.17. The van der Waals surface area contributed by atoms with E-state index in [0.29, 0.717) is 0 Å². The van der Waals surface area contributed by atoms with Gasteiger partial charge in [-0.1, -0.05) is 18.2 Å². The van der Waals surface area contributed by atoms with Crippen molar-refractivity contribution in [2.24, 2.45) is 0 Å². The number of hydrogen-bond acceptors (Lipinski definition) is 1. The highest BCUT2D eigenvalue weighted by atomic mass is 16.4. The molecule has 1 aliphatic rings. The lowest BCUT2D eigenvalue weighted by Crippen LogP contribution is -1.99. The molecule has 0 amide bonds. The number of benzene rings is 1. The van der Waals surface area contributed by atoms with Gasteiger partial charge < -0.3 is 9.67 Å². The van der Waals surface area contributed by atoms with Crippen LogP contribution in [0.15, 0.2) is 24.4 Å². The number of nitrogens with zero attached hydrogens (tertiary/aromatic N) is 1. The molecule has 0 bridgehead atoms. The smallest absolute Gasteiger partial charge is 0.307 e. The Balaban J connectivity index is 2.26. The van der Waals surface area contributed by atoms with Crippen LogP contribution in [0.4, 0.5) is 0 Å². The molecule has 0 saturated carbocycles. The maximum atomic E-state index is 10.7. The lowest BCUT2D eigenvalue weighted by atomic mass is 10.1. The normalized spacial score (nSPS) is 13.6. The lowest BCUT2D eigenvalue weighted by molar-refractivity contribution is -0.136. The molecule has 15 heavy (non-hydrogen) atoms. The first-order valence-electron chi connectivity index (χ1n) is 5.07. The van der Waals surface area contributed by atoms with E-state index in [1.807, 2.05) is 18.3 Å². The van der Waals surface area contributed by atoms with Crippen LogP contribution in [0, 0.1) is 0 Å². The Morgan fingerprint density at radius 1 is 1.47 bits per heavy atom. The molecule has 0 unspecified atom stereocenters. The maximum absolute atomic E-state index is 10.7. The van der Waals surface area contributed by atoms with Gasteiger partial charge in [0.05, 0.1) is 11.9 Å². The number of carboxylic acid groups (broad SMARTS) is 1. The number of aryl methyl sites for hydroxylation is 2. The molecule has 1 N–H and O–H groups in total. The summed E-state index contributed by atoms with van der Waals surface area (Å²) in [7, 11) is 0. The van der Waals surface area contributed by atoms with Gasteiger partial charge in [-0.3, -0.25) is 4.79 Å². The average Bonchev–Trinajstić information content (AvgIpc) is 2.74. The zero-order chi connectivity index (χ0) is 10.4. The van der Waals surface area contributed by atoms with Gasteiger partial charge in [0.25, 0.3) is 0 Å². The van der Waals surface area contributed by atoms with E-state index >= 15 is 0 Å². The van der Waals surface area contributed by atoms with Crippen molar-refractivity contribution in [3.05, 3.63) is 35.5 Å². The van der Waals surface area contributed by atoms with Crippen molar-refractivity contribution in [1.82, 2.24) is 4.57 Å². The zero-order valence-electron chi connectivity index (χ0n) is 8.23. The maximum Gasteiger partial charge on any atom is 0.307 e. The first-order chi connectivity index (χ1) is 7.25. The van der Waals surface area contributed by atoms with Gasteiger partial charge in [-0.25, -0.2) is 0 Å². The topological polar surface area (TPSA) is 42.2 Å². The molecular weight excluding hydrogens is 190 g/mol. The molecule has 76 valence electrons. The molecule has 0 spiro atoms. The summed E-state index contributed by atoms with van der Waals surface area (Å²) in [5.74, 6) is -0.764. The van der Waals surface area contributed by atoms with Crippen LogP contribution in [-0.2, 0) is 24.2 Å². The van der Waals surface area contributed by atoms with Gasteiger partial charge >= 0.3 is 5.97 Å². The Labute approximate surface area is 86.9 Å². The van der Waals surface area contributed by atoms with Crippen molar-refractivity contribution in [2.45, 2.75) is 19.4 Å². The molecule has 0 fully saturated rings. The molecule has 3 heteroatoms. The Hall–Kier alpha value is -1.77. The summed E-state index contributed by atoms with van der Waals surface area (Å²) in [6.45, 7) is 0.982. The third-order valence-electron chi connectivity index (χ3n) is 3.03. The predicted molar refractivity (Wildman–Crippen MR) is 57.0 cm³/mol. The SMILES string of the molecule is O=C(O)Cc1cn2c3c(cccc13)CC2. The number of aromatic nitrogens is 1. The minimum atomic E-state index is -0.764. The van der Waals surface area contributed by atoms with Gasteiger partial charge in [0.2, 0.25) is 0 Å². The molecule has 2 heterocycles. The molecular formula is C12H11NO2. The van der Waals surface area contributed by atoms with Gasteiger partial charge in [0.1, 0.15) is 0 Å². The first kappa shape index (κ1) is 8.53. The molecule has 0 radical (unpaired) electrons. The highest BCUT2D eigenvalue weighted by molar-refractivity contribution is 5.90. The van der Waals surface area contributed by atoms with Crippen LogP contribution in [0.5, 0.6) is 0 Å². The van der Waals surface area contributed by atoms with Crippen LogP contribution in [-0.4, -0.2) is 15.6 Å². The summed E-state index contributed by atoms with van der Waals surface area (Å²) >= 11 is 0. The van der Waals surface area contributed by atoms with Gasteiger partial charge in [-0.15, -0.1) is 0 Å². The van der Waals surface area contributed by atoms with E-state index in [1.54, 1.807) is 0 Å². The van der Waals surface area contributed by atoms with Gasteiger partial charge in [-0.05, 0) is 17.5 Å². The third kappa shape index (κ3) is 1.16. The Morgan fingerprint density at radius 2 is 2.33 bits per heavy atom. The second kappa shape index (κ2) is 2.86. The summed E-state index contributed by atoms with van der Waals surface area (Å²) in [5, 5.41) is 9.92. The first-order valence-corrected chi connectivity index (χ1v) is 5.07. The third-order valence-corrected chi connectivity index (χ3v) is 3.03. The fraction of sp³-hybridized carbons (Fsp3) is 0.250. The van der Waals surface area contributed by atoms with E-state index in [2.05, 4.69) is 10.6 Å². The van der Waals surface area contributed by atoms with E-state index in [9.17, 15) is 4.79 Å². The van der Waals surface area contributed by atoms with Crippen molar-refractivity contribution < 1.29 is 9.90 Å². The summed E-state index contributed by atoms with van der Waals surface area (Å²) in [4.78, 5) is 10.7. The van der Waals surface area contributed by atoms with Crippen LogP contribution in [0.25, 0.3) is 10.9 Å².